The number of hydrogen-bond acceptors (Lipinski definition) is 2. The number of aliphatic carboxylic acids is 1. The van der Waals surface area contributed by atoms with Gasteiger partial charge in [-0.2, -0.15) is 0 Å². The summed E-state index contributed by atoms with van der Waals surface area (Å²) in [5.41, 5.74) is 0.0981. The molecule has 1 unspecified atom stereocenters. The lowest BCUT2D eigenvalue weighted by Crippen LogP contribution is -2.61. The van der Waals surface area contributed by atoms with Crippen LogP contribution in [0.1, 0.15) is 63.5 Å². The van der Waals surface area contributed by atoms with Crippen LogP contribution in [0.5, 0.6) is 0 Å². The van der Waals surface area contributed by atoms with E-state index in [2.05, 4.69) is 5.32 Å². The van der Waals surface area contributed by atoms with Crippen molar-refractivity contribution in [3.63, 3.8) is 0 Å². The summed E-state index contributed by atoms with van der Waals surface area (Å²) in [5, 5.41) is 12.2. The Kier molecular flexibility index (Phi) is 4.75. The maximum atomic E-state index is 14.9. The summed E-state index contributed by atoms with van der Waals surface area (Å²) in [4.78, 5) is 24.1. The van der Waals surface area contributed by atoms with E-state index in [1.54, 1.807) is 0 Å². The number of rotatable bonds is 6. The maximum absolute atomic E-state index is 14.9. The van der Waals surface area contributed by atoms with Crippen molar-refractivity contribution in [1.82, 2.24) is 5.32 Å². The second kappa shape index (κ2) is 6.85. The molecule has 4 nitrogen and oxygen atoms in total. The molecule has 5 atom stereocenters. The van der Waals surface area contributed by atoms with Gasteiger partial charge in [-0.1, -0.05) is 24.3 Å². The number of hydrogen-bond donors (Lipinski definition) is 2. The molecule has 0 spiro atoms. The van der Waals surface area contributed by atoms with E-state index in [1.165, 1.54) is 0 Å². The first-order chi connectivity index (χ1) is 13.2. The number of amides is 1. The summed E-state index contributed by atoms with van der Waals surface area (Å²) in [6.07, 6.45) is 4.51. The van der Waals surface area contributed by atoms with Gasteiger partial charge in [-0.15, -0.1) is 0 Å². The van der Waals surface area contributed by atoms with Crippen LogP contribution in [0.2, 0.25) is 0 Å². The molecular weight excluding hydrogens is 357 g/mol. The fraction of sp³-hybridized carbons (Fsp3) is 0.652. The summed E-state index contributed by atoms with van der Waals surface area (Å²) < 4.78 is 14.9. The van der Waals surface area contributed by atoms with Gasteiger partial charge < -0.3 is 10.4 Å². The fourth-order valence-corrected chi connectivity index (χ4v) is 5.99. The second-order valence-electron chi connectivity index (χ2n) is 9.84. The molecule has 4 aliphatic carbocycles. The molecule has 0 saturated heterocycles. The molecule has 4 fully saturated rings. The molecule has 1 amide bonds. The number of carbonyl (C=O) groups is 2. The number of nitrogens with one attached hydrogen (secondary N) is 1. The van der Waals surface area contributed by atoms with E-state index in [0.29, 0.717) is 25.2 Å². The van der Waals surface area contributed by atoms with Gasteiger partial charge in [-0.25, -0.2) is 4.39 Å². The van der Waals surface area contributed by atoms with Crippen molar-refractivity contribution in [3.05, 3.63) is 35.4 Å². The molecule has 0 aliphatic heterocycles. The molecule has 2 N–H and O–H groups in total. The minimum absolute atomic E-state index is 0.0201. The molecular formula is C23H30FNO3. The standard InChI is InChI=1S/C23H30FNO3/c1-22(2,18-5-3-4-14(10-18)6-7-19(26)27)21(28)25-20-16-8-15-9-17(20)13-23(24,11-15)12-16/h3-5,10,15-17,20H,6-9,11-13H2,1-2H3,(H,25,28)(H,26,27)/t15?,16-,17+,20+,23+. The number of benzene rings is 1. The van der Waals surface area contributed by atoms with E-state index in [1.807, 2.05) is 38.1 Å². The van der Waals surface area contributed by atoms with Gasteiger partial charge in [-0.3, -0.25) is 9.59 Å². The van der Waals surface area contributed by atoms with Crippen LogP contribution in [0.15, 0.2) is 24.3 Å². The van der Waals surface area contributed by atoms with Crippen molar-refractivity contribution in [3.8, 4) is 0 Å². The summed E-state index contributed by atoms with van der Waals surface area (Å²) in [6.45, 7) is 3.82. The van der Waals surface area contributed by atoms with Gasteiger partial charge in [0, 0.05) is 12.5 Å². The Morgan fingerprint density at radius 2 is 1.89 bits per heavy atom. The first-order valence-corrected chi connectivity index (χ1v) is 10.5. The Balaban J connectivity index is 1.47. The highest BCUT2D eigenvalue weighted by Gasteiger charge is 2.56. The first kappa shape index (κ1) is 19.4. The Morgan fingerprint density at radius 1 is 1.21 bits per heavy atom. The Bertz CT molecular complexity index is 774. The van der Waals surface area contributed by atoms with E-state index in [-0.39, 0.29) is 30.2 Å². The molecule has 1 aromatic carbocycles. The predicted octanol–water partition coefficient (Wildman–Crippen LogP) is 4.01. The van der Waals surface area contributed by atoms with E-state index in [9.17, 15) is 14.0 Å². The minimum atomic E-state index is -0.994. The number of carbonyl (C=O) groups excluding carboxylic acids is 1. The molecule has 4 saturated carbocycles. The highest BCUT2D eigenvalue weighted by molar-refractivity contribution is 5.87. The Labute approximate surface area is 165 Å². The van der Waals surface area contributed by atoms with Gasteiger partial charge in [0.05, 0.1) is 5.41 Å². The van der Waals surface area contributed by atoms with Gasteiger partial charge in [-0.05, 0) is 81.3 Å². The third-order valence-corrected chi connectivity index (χ3v) is 7.34. The zero-order valence-electron chi connectivity index (χ0n) is 16.7. The van der Waals surface area contributed by atoms with Crippen molar-refractivity contribution in [2.45, 2.75) is 75.9 Å². The molecule has 0 heterocycles. The summed E-state index contributed by atoms with van der Waals surface area (Å²) in [7, 11) is 0. The van der Waals surface area contributed by atoms with Crippen LogP contribution in [0.4, 0.5) is 4.39 Å². The monoisotopic (exact) mass is 387 g/mol. The maximum Gasteiger partial charge on any atom is 0.303 e. The third-order valence-electron chi connectivity index (χ3n) is 7.34. The molecule has 1 aromatic rings. The lowest BCUT2D eigenvalue weighted by molar-refractivity contribution is -0.137. The van der Waals surface area contributed by atoms with Crippen molar-refractivity contribution in [2.24, 2.45) is 17.8 Å². The van der Waals surface area contributed by atoms with Gasteiger partial charge >= 0.3 is 5.97 Å². The van der Waals surface area contributed by atoms with Crippen molar-refractivity contribution in [1.29, 1.82) is 0 Å². The van der Waals surface area contributed by atoms with Gasteiger partial charge in [0.15, 0.2) is 0 Å². The van der Waals surface area contributed by atoms with E-state index >= 15 is 0 Å². The molecule has 5 rings (SSSR count). The van der Waals surface area contributed by atoms with Crippen molar-refractivity contribution < 1.29 is 19.1 Å². The normalized spacial score (nSPS) is 33.7. The Morgan fingerprint density at radius 3 is 2.50 bits per heavy atom. The van der Waals surface area contributed by atoms with Crippen molar-refractivity contribution >= 4 is 11.9 Å². The second-order valence-corrected chi connectivity index (χ2v) is 9.84. The van der Waals surface area contributed by atoms with Crippen LogP contribution >= 0.6 is 0 Å². The number of alkyl halides is 1. The molecule has 28 heavy (non-hydrogen) atoms. The number of carboxylic acids is 1. The molecule has 152 valence electrons. The van der Waals surface area contributed by atoms with Crippen LogP contribution in [-0.2, 0) is 21.4 Å². The quantitative estimate of drug-likeness (QED) is 0.775. The zero-order chi connectivity index (χ0) is 20.1. The first-order valence-electron chi connectivity index (χ1n) is 10.5. The predicted molar refractivity (Wildman–Crippen MR) is 105 cm³/mol. The van der Waals surface area contributed by atoms with Gasteiger partial charge in [0.2, 0.25) is 5.91 Å². The summed E-state index contributed by atoms with van der Waals surface area (Å²) >= 11 is 0. The summed E-state index contributed by atoms with van der Waals surface area (Å²) in [5.74, 6) is 0.175. The smallest absolute Gasteiger partial charge is 0.303 e. The van der Waals surface area contributed by atoms with Crippen LogP contribution in [0, 0.1) is 17.8 Å². The largest absolute Gasteiger partial charge is 0.481 e. The third kappa shape index (κ3) is 3.56. The van der Waals surface area contributed by atoms with Crippen molar-refractivity contribution in [2.75, 3.05) is 0 Å². The summed E-state index contributed by atoms with van der Waals surface area (Å²) in [6, 6.07) is 7.74. The molecule has 0 radical (unpaired) electrons. The topological polar surface area (TPSA) is 66.4 Å². The lowest BCUT2D eigenvalue weighted by atomic mass is 9.53. The molecule has 4 aliphatic rings. The van der Waals surface area contributed by atoms with E-state index in [4.69, 9.17) is 5.11 Å². The van der Waals surface area contributed by atoms with Crippen LogP contribution < -0.4 is 5.32 Å². The highest BCUT2D eigenvalue weighted by Crippen LogP contribution is 2.57. The number of carboxylic acid groups (broad SMARTS) is 1. The number of halogens is 1. The lowest BCUT2D eigenvalue weighted by Gasteiger charge is -2.57. The Hall–Kier alpha value is -1.91. The molecule has 0 aromatic heterocycles. The number of aryl methyl sites for hydroxylation is 1. The molecule has 4 bridgehead atoms. The van der Waals surface area contributed by atoms with Gasteiger partial charge in [0.1, 0.15) is 5.67 Å². The minimum Gasteiger partial charge on any atom is -0.481 e. The van der Waals surface area contributed by atoms with E-state index in [0.717, 1.165) is 30.4 Å². The van der Waals surface area contributed by atoms with Gasteiger partial charge in [0.25, 0.3) is 0 Å². The highest BCUT2D eigenvalue weighted by atomic mass is 19.1. The zero-order valence-corrected chi connectivity index (χ0v) is 16.7. The molecule has 5 heteroatoms. The average Bonchev–Trinajstić information content (AvgIpc) is 2.61. The van der Waals surface area contributed by atoms with Crippen LogP contribution in [0.25, 0.3) is 0 Å². The average molecular weight is 387 g/mol. The SMILES string of the molecule is CC(C)(C(=O)N[C@H]1[C@@H]2CC3C[C@H]1C[C@](F)(C3)C2)c1cccc(CCC(=O)O)c1. The fourth-order valence-electron chi connectivity index (χ4n) is 5.99. The van der Waals surface area contributed by atoms with E-state index < -0.39 is 17.1 Å². The van der Waals surface area contributed by atoms with Crippen LogP contribution in [-0.4, -0.2) is 28.7 Å². The van der Waals surface area contributed by atoms with Crippen LogP contribution in [0.3, 0.4) is 0 Å².